The molecule has 0 bridgehead atoms. The van der Waals surface area contributed by atoms with E-state index in [1.165, 1.54) is 0 Å². The molecule has 1 aromatic carbocycles. The average Bonchev–Trinajstić information content (AvgIpc) is 3.12. The van der Waals surface area contributed by atoms with E-state index in [2.05, 4.69) is 5.32 Å². The first-order valence-electron chi connectivity index (χ1n) is 6.38. The monoisotopic (exact) mass is 301 g/mol. The van der Waals surface area contributed by atoms with E-state index in [0.29, 0.717) is 28.3 Å². The van der Waals surface area contributed by atoms with Gasteiger partial charge >= 0.3 is 5.97 Å². The van der Waals surface area contributed by atoms with Crippen LogP contribution in [0, 0.1) is 0 Å². The number of ether oxygens (including phenoxy) is 1. The largest absolute Gasteiger partial charge is 0.464 e. The van der Waals surface area contributed by atoms with Crippen LogP contribution in [0.3, 0.4) is 0 Å². The molecule has 1 fully saturated rings. The third-order valence-electron chi connectivity index (χ3n) is 3.22. The van der Waals surface area contributed by atoms with Crippen LogP contribution in [0.4, 0.5) is 0 Å². The fourth-order valence-electron chi connectivity index (χ4n) is 2.05. The first-order valence-corrected chi connectivity index (χ1v) is 7.13. The van der Waals surface area contributed by atoms with Crippen molar-refractivity contribution in [2.75, 3.05) is 6.61 Å². The summed E-state index contributed by atoms with van der Waals surface area (Å²) < 4.78 is 5.18. The molecule has 0 spiro atoms. The molecule has 0 saturated heterocycles. The fourth-order valence-corrected chi connectivity index (χ4v) is 2.65. The highest BCUT2D eigenvalue weighted by Gasteiger charge is 2.42. The zero-order chi connectivity index (χ0) is 14.0. The molecule has 1 atom stereocenters. The van der Waals surface area contributed by atoms with E-state index >= 15 is 0 Å². The molecule has 1 aromatic rings. The molecule has 0 amide bonds. The second kappa shape index (κ2) is 5.70. The Labute approximate surface area is 123 Å². The topological polar surface area (TPSA) is 38.3 Å². The second-order valence-corrected chi connectivity index (χ2v) is 5.73. The molecule has 3 nitrogen and oxygen atoms in total. The van der Waals surface area contributed by atoms with Crippen molar-refractivity contribution in [2.24, 2.45) is 0 Å². The van der Waals surface area contributed by atoms with Crippen molar-refractivity contribution in [3.63, 3.8) is 0 Å². The van der Waals surface area contributed by atoms with Gasteiger partial charge in [0.15, 0.2) is 0 Å². The maximum absolute atomic E-state index is 12.3. The highest BCUT2D eigenvalue weighted by atomic mass is 35.5. The third kappa shape index (κ3) is 3.22. The average molecular weight is 302 g/mol. The molecule has 5 heteroatoms. The summed E-state index contributed by atoms with van der Waals surface area (Å²) in [4.78, 5) is 12.3. The van der Waals surface area contributed by atoms with E-state index in [1.807, 2.05) is 0 Å². The summed E-state index contributed by atoms with van der Waals surface area (Å²) in [5, 5.41) is 4.34. The number of rotatable bonds is 5. The number of halogens is 2. The van der Waals surface area contributed by atoms with E-state index in [0.717, 1.165) is 12.8 Å². The van der Waals surface area contributed by atoms with E-state index < -0.39 is 5.54 Å². The maximum atomic E-state index is 12.3. The van der Waals surface area contributed by atoms with E-state index in [9.17, 15) is 4.79 Å². The van der Waals surface area contributed by atoms with Gasteiger partial charge in [-0.1, -0.05) is 29.3 Å². The Hall–Kier alpha value is -0.770. The van der Waals surface area contributed by atoms with Gasteiger partial charge in [0.1, 0.15) is 5.54 Å². The van der Waals surface area contributed by atoms with Crippen LogP contribution in [0.5, 0.6) is 0 Å². The molecule has 0 radical (unpaired) electrons. The molecule has 0 aromatic heterocycles. The van der Waals surface area contributed by atoms with Crippen molar-refractivity contribution >= 4 is 29.2 Å². The van der Waals surface area contributed by atoms with E-state index in [-0.39, 0.29) is 5.97 Å². The lowest BCUT2D eigenvalue weighted by Crippen LogP contribution is -2.49. The van der Waals surface area contributed by atoms with Gasteiger partial charge in [0.2, 0.25) is 0 Å². The zero-order valence-corrected chi connectivity index (χ0v) is 12.5. The number of nitrogens with one attached hydrogen (secondary N) is 1. The molecule has 0 aliphatic heterocycles. The van der Waals surface area contributed by atoms with E-state index in [4.69, 9.17) is 27.9 Å². The van der Waals surface area contributed by atoms with E-state index in [1.54, 1.807) is 32.0 Å². The maximum Gasteiger partial charge on any atom is 0.330 e. The van der Waals surface area contributed by atoms with Gasteiger partial charge in [0.05, 0.1) is 6.61 Å². The molecule has 2 rings (SSSR count). The molecule has 1 N–H and O–H groups in total. The molecule has 1 aliphatic carbocycles. The van der Waals surface area contributed by atoms with Crippen LogP contribution in [0.2, 0.25) is 10.0 Å². The van der Waals surface area contributed by atoms with Crippen LogP contribution in [0.1, 0.15) is 32.3 Å². The molecular weight excluding hydrogens is 285 g/mol. The molecule has 1 saturated carbocycles. The van der Waals surface area contributed by atoms with Gasteiger partial charge < -0.3 is 4.74 Å². The Bertz CT molecular complexity index is 488. The fraction of sp³-hybridized carbons (Fsp3) is 0.500. The SMILES string of the molecule is CCOC(=O)C(C)(NC1CC1)c1ccc(Cl)cc1Cl. The Kier molecular flexibility index (Phi) is 4.39. The lowest BCUT2D eigenvalue weighted by atomic mass is 9.91. The van der Waals surface area contributed by atoms with Crippen molar-refractivity contribution in [1.82, 2.24) is 5.32 Å². The van der Waals surface area contributed by atoms with Gasteiger partial charge in [-0.25, -0.2) is 4.79 Å². The highest BCUT2D eigenvalue weighted by Crippen LogP contribution is 2.34. The van der Waals surface area contributed by atoms with Crippen LogP contribution in [-0.4, -0.2) is 18.6 Å². The summed E-state index contributed by atoms with van der Waals surface area (Å²) >= 11 is 12.1. The minimum Gasteiger partial charge on any atom is -0.464 e. The molecular formula is C14H17Cl2NO2. The first-order chi connectivity index (χ1) is 8.97. The number of hydrogen-bond donors (Lipinski definition) is 1. The van der Waals surface area contributed by atoms with Crippen LogP contribution in [0.25, 0.3) is 0 Å². The number of carbonyl (C=O) groups excluding carboxylic acids is 1. The molecule has 104 valence electrons. The van der Waals surface area contributed by atoms with Crippen LogP contribution < -0.4 is 5.32 Å². The van der Waals surface area contributed by atoms with Gasteiger partial charge in [-0.05, 0) is 38.8 Å². The lowest BCUT2D eigenvalue weighted by molar-refractivity contribution is -0.151. The smallest absolute Gasteiger partial charge is 0.330 e. The van der Waals surface area contributed by atoms with Gasteiger partial charge in [-0.15, -0.1) is 0 Å². The van der Waals surface area contributed by atoms with Gasteiger partial charge in [-0.3, -0.25) is 5.32 Å². The second-order valence-electron chi connectivity index (χ2n) is 4.89. The minimum atomic E-state index is -0.932. The number of benzene rings is 1. The number of hydrogen-bond acceptors (Lipinski definition) is 3. The summed E-state index contributed by atoms with van der Waals surface area (Å²) in [6.07, 6.45) is 2.14. The molecule has 0 heterocycles. The van der Waals surface area contributed by atoms with Gasteiger partial charge in [0, 0.05) is 21.7 Å². The van der Waals surface area contributed by atoms with Gasteiger partial charge in [-0.2, -0.15) is 0 Å². The Morgan fingerprint density at radius 1 is 1.47 bits per heavy atom. The van der Waals surface area contributed by atoms with Gasteiger partial charge in [0.25, 0.3) is 0 Å². The summed E-state index contributed by atoms with van der Waals surface area (Å²) in [6.45, 7) is 3.93. The summed E-state index contributed by atoms with van der Waals surface area (Å²) in [7, 11) is 0. The number of carbonyl (C=O) groups is 1. The van der Waals surface area contributed by atoms with Crippen LogP contribution >= 0.6 is 23.2 Å². The van der Waals surface area contributed by atoms with Crippen LogP contribution in [-0.2, 0) is 15.1 Å². The van der Waals surface area contributed by atoms with Crippen molar-refractivity contribution in [3.05, 3.63) is 33.8 Å². The summed E-state index contributed by atoms with van der Waals surface area (Å²) in [5.74, 6) is -0.314. The minimum absolute atomic E-state index is 0.314. The van der Waals surface area contributed by atoms with Crippen LogP contribution in [0.15, 0.2) is 18.2 Å². The zero-order valence-electron chi connectivity index (χ0n) is 11.0. The normalized spacial score (nSPS) is 17.9. The Balaban J connectivity index is 2.37. The third-order valence-corrected chi connectivity index (χ3v) is 3.77. The molecule has 19 heavy (non-hydrogen) atoms. The molecule has 1 unspecified atom stereocenters. The predicted molar refractivity (Wildman–Crippen MR) is 76.6 cm³/mol. The lowest BCUT2D eigenvalue weighted by Gasteiger charge is -2.30. The first kappa shape index (κ1) is 14.6. The summed E-state index contributed by atoms with van der Waals surface area (Å²) in [5.41, 5.74) is -0.234. The van der Waals surface area contributed by atoms with Crippen molar-refractivity contribution < 1.29 is 9.53 Å². The quantitative estimate of drug-likeness (QED) is 0.846. The van der Waals surface area contributed by atoms with Crippen molar-refractivity contribution in [1.29, 1.82) is 0 Å². The number of esters is 1. The highest BCUT2D eigenvalue weighted by molar-refractivity contribution is 6.35. The Morgan fingerprint density at radius 2 is 2.16 bits per heavy atom. The van der Waals surface area contributed by atoms with Crippen molar-refractivity contribution in [2.45, 2.75) is 38.3 Å². The summed E-state index contributed by atoms with van der Waals surface area (Å²) in [6, 6.07) is 5.50. The van der Waals surface area contributed by atoms with Crippen molar-refractivity contribution in [3.8, 4) is 0 Å². The molecule has 1 aliphatic rings. The Morgan fingerprint density at radius 3 is 2.68 bits per heavy atom. The standard InChI is InChI=1S/C14H17Cl2NO2/c1-3-19-13(18)14(2,17-10-5-6-10)11-7-4-9(15)8-12(11)16/h4,7-8,10,17H,3,5-6H2,1-2H3. The predicted octanol–water partition coefficient (Wildman–Crippen LogP) is 3.52.